The second kappa shape index (κ2) is 8.94. The van der Waals surface area contributed by atoms with E-state index in [9.17, 15) is 19.3 Å². The Kier molecular flexibility index (Phi) is 6.40. The SMILES string of the molecule is N#C/C(=C/NCCc1ccc(F)cc1)C(=O)Nc1cccc([N+](=O)[O-])c1. The molecule has 2 rings (SSSR count). The van der Waals surface area contributed by atoms with Gasteiger partial charge in [-0.3, -0.25) is 14.9 Å². The first-order chi connectivity index (χ1) is 12.5. The molecule has 0 saturated heterocycles. The van der Waals surface area contributed by atoms with Crippen molar-refractivity contribution in [3.05, 3.63) is 81.8 Å². The van der Waals surface area contributed by atoms with Gasteiger partial charge in [0, 0.05) is 30.6 Å². The van der Waals surface area contributed by atoms with Crippen LogP contribution in [0.1, 0.15) is 5.56 Å². The number of nitro benzene ring substituents is 1. The molecule has 0 heterocycles. The van der Waals surface area contributed by atoms with Crippen LogP contribution in [0.4, 0.5) is 15.8 Å². The molecule has 1 amide bonds. The standard InChI is InChI=1S/C18H15FN4O3/c19-15-6-4-13(5-7-15)8-9-21-12-14(11-20)18(24)22-16-2-1-3-17(10-16)23(25)26/h1-7,10,12,21H,8-9H2,(H,22,24)/b14-12-. The molecule has 2 aromatic carbocycles. The van der Waals surface area contributed by atoms with Crippen LogP contribution in [0.3, 0.4) is 0 Å². The predicted octanol–water partition coefficient (Wildman–Crippen LogP) is 2.91. The van der Waals surface area contributed by atoms with Crippen molar-refractivity contribution in [2.75, 3.05) is 11.9 Å². The largest absolute Gasteiger partial charge is 0.389 e. The maximum atomic E-state index is 12.8. The number of non-ortho nitro benzene ring substituents is 1. The molecule has 0 aliphatic carbocycles. The molecule has 0 spiro atoms. The fourth-order valence-electron chi connectivity index (χ4n) is 2.09. The van der Waals surface area contributed by atoms with Crippen LogP contribution in [0, 0.1) is 27.3 Å². The molecule has 7 nitrogen and oxygen atoms in total. The Labute approximate surface area is 148 Å². The van der Waals surface area contributed by atoms with E-state index in [0.29, 0.717) is 13.0 Å². The summed E-state index contributed by atoms with van der Waals surface area (Å²) in [5.41, 5.74) is 0.793. The average molecular weight is 354 g/mol. The number of carbonyl (C=O) groups is 1. The van der Waals surface area contributed by atoms with Crippen LogP contribution in [-0.2, 0) is 11.2 Å². The molecule has 0 radical (unpaired) electrons. The highest BCUT2D eigenvalue weighted by Gasteiger charge is 2.11. The number of anilines is 1. The van der Waals surface area contributed by atoms with E-state index in [2.05, 4.69) is 10.6 Å². The van der Waals surface area contributed by atoms with Gasteiger partial charge in [-0.15, -0.1) is 0 Å². The lowest BCUT2D eigenvalue weighted by atomic mass is 10.1. The number of nitrogens with one attached hydrogen (secondary N) is 2. The molecule has 0 bridgehead atoms. The Hall–Kier alpha value is -3.73. The van der Waals surface area contributed by atoms with Gasteiger partial charge >= 0.3 is 0 Å². The number of nitriles is 1. The summed E-state index contributed by atoms with van der Waals surface area (Å²) in [5.74, 6) is -0.992. The van der Waals surface area contributed by atoms with E-state index >= 15 is 0 Å². The maximum absolute atomic E-state index is 12.8. The lowest BCUT2D eigenvalue weighted by molar-refractivity contribution is -0.384. The van der Waals surface area contributed by atoms with E-state index in [1.54, 1.807) is 18.2 Å². The molecule has 2 N–H and O–H groups in total. The lowest BCUT2D eigenvalue weighted by Gasteiger charge is -2.05. The quantitative estimate of drug-likeness (QED) is 0.261. The Bertz CT molecular complexity index is 873. The van der Waals surface area contributed by atoms with Gasteiger partial charge in [0.05, 0.1) is 4.92 Å². The summed E-state index contributed by atoms with van der Waals surface area (Å²) in [6, 6.07) is 13.2. The van der Waals surface area contributed by atoms with Crippen molar-refractivity contribution in [2.45, 2.75) is 6.42 Å². The van der Waals surface area contributed by atoms with Crippen LogP contribution < -0.4 is 10.6 Å². The monoisotopic (exact) mass is 354 g/mol. The van der Waals surface area contributed by atoms with Crippen molar-refractivity contribution in [3.8, 4) is 6.07 Å². The molecule has 0 unspecified atom stereocenters. The van der Waals surface area contributed by atoms with Gasteiger partial charge in [0.25, 0.3) is 11.6 Å². The molecule has 26 heavy (non-hydrogen) atoms. The van der Waals surface area contributed by atoms with E-state index in [-0.39, 0.29) is 22.8 Å². The number of rotatable bonds is 7. The molecule has 0 fully saturated rings. The fourth-order valence-corrected chi connectivity index (χ4v) is 2.09. The zero-order valence-corrected chi connectivity index (χ0v) is 13.6. The molecule has 0 saturated carbocycles. The predicted molar refractivity (Wildman–Crippen MR) is 93.5 cm³/mol. The van der Waals surface area contributed by atoms with Crippen molar-refractivity contribution in [1.82, 2.24) is 5.32 Å². The summed E-state index contributed by atoms with van der Waals surface area (Å²) in [6.07, 6.45) is 1.86. The smallest absolute Gasteiger partial charge is 0.271 e. The Balaban J connectivity index is 1.92. The third-order valence-electron chi connectivity index (χ3n) is 3.40. The van der Waals surface area contributed by atoms with E-state index in [0.717, 1.165) is 5.56 Å². The van der Waals surface area contributed by atoms with Crippen molar-refractivity contribution in [2.24, 2.45) is 0 Å². The number of benzene rings is 2. The first-order valence-corrected chi connectivity index (χ1v) is 7.63. The number of hydrogen-bond acceptors (Lipinski definition) is 5. The second-order valence-corrected chi connectivity index (χ2v) is 5.26. The van der Waals surface area contributed by atoms with Gasteiger partial charge in [0.2, 0.25) is 0 Å². The molecule has 132 valence electrons. The summed E-state index contributed by atoms with van der Waals surface area (Å²) in [4.78, 5) is 22.2. The van der Waals surface area contributed by atoms with E-state index in [4.69, 9.17) is 5.26 Å². The van der Waals surface area contributed by atoms with Crippen molar-refractivity contribution >= 4 is 17.3 Å². The van der Waals surface area contributed by atoms with Crippen LogP contribution in [-0.4, -0.2) is 17.4 Å². The minimum Gasteiger partial charge on any atom is -0.389 e. The molecule has 2 aromatic rings. The van der Waals surface area contributed by atoms with Gasteiger partial charge in [0.1, 0.15) is 17.5 Å². The van der Waals surface area contributed by atoms with Crippen molar-refractivity contribution in [1.29, 1.82) is 5.26 Å². The van der Waals surface area contributed by atoms with Crippen LogP contribution >= 0.6 is 0 Å². The van der Waals surface area contributed by atoms with Crippen molar-refractivity contribution < 1.29 is 14.1 Å². The Morgan fingerprint density at radius 1 is 1.27 bits per heavy atom. The number of nitro groups is 1. The summed E-state index contributed by atoms with van der Waals surface area (Å²) in [5, 5.41) is 25.1. The number of halogens is 1. The molecule has 0 aliphatic heterocycles. The Morgan fingerprint density at radius 3 is 2.65 bits per heavy atom. The summed E-state index contributed by atoms with van der Waals surface area (Å²) < 4.78 is 12.8. The van der Waals surface area contributed by atoms with Crippen LogP contribution in [0.5, 0.6) is 0 Å². The van der Waals surface area contributed by atoms with E-state index in [1.807, 2.05) is 0 Å². The van der Waals surface area contributed by atoms with Gasteiger partial charge in [-0.05, 0) is 30.2 Å². The number of nitrogens with zero attached hydrogens (tertiary/aromatic N) is 2. The van der Waals surface area contributed by atoms with Gasteiger partial charge in [-0.25, -0.2) is 4.39 Å². The normalized spacial score (nSPS) is 10.7. The first kappa shape index (κ1) is 18.6. The molecular formula is C18H15FN4O3. The zero-order chi connectivity index (χ0) is 18.9. The zero-order valence-electron chi connectivity index (χ0n) is 13.6. The molecular weight excluding hydrogens is 339 g/mol. The summed E-state index contributed by atoms with van der Waals surface area (Å²) in [6.45, 7) is 0.445. The third kappa shape index (κ3) is 5.42. The van der Waals surface area contributed by atoms with Gasteiger partial charge < -0.3 is 10.6 Å². The van der Waals surface area contributed by atoms with Crippen molar-refractivity contribution in [3.63, 3.8) is 0 Å². The topological polar surface area (TPSA) is 108 Å². The maximum Gasteiger partial charge on any atom is 0.271 e. The minimum absolute atomic E-state index is 0.164. The number of carbonyl (C=O) groups excluding carboxylic acids is 1. The molecule has 0 aliphatic rings. The minimum atomic E-state index is -0.678. The Morgan fingerprint density at radius 2 is 2.00 bits per heavy atom. The third-order valence-corrected chi connectivity index (χ3v) is 3.40. The van der Waals surface area contributed by atoms with E-state index < -0.39 is 10.8 Å². The van der Waals surface area contributed by atoms with Gasteiger partial charge in [-0.1, -0.05) is 18.2 Å². The number of hydrogen-bond donors (Lipinski definition) is 2. The molecule has 8 heteroatoms. The highest BCUT2D eigenvalue weighted by Crippen LogP contribution is 2.17. The van der Waals surface area contributed by atoms with Crippen LogP contribution in [0.25, 0.3) is 0 Å². The van der Waals surface area contributed by atoms with E-state index in [1.165, 1.54) is 42.6 Å². The lowest BCUT2D eigenvalue weighted by Crippen LogP contribution is -2.18. The van der Waals surface area contributed by atoms with Gasteiger partial charge in [0.15, 0.2) is 0 Å². The first-order valence-electron chi connectivity index (χ1n) is 7.63. The average Bonchev–Trinajstić information content (AvgIpc) is 2.63. The summed E-state index contributed by atoms with van der Waals surface area (Å²) >= 11 is 0. The van der Waals surface area contributed by atoms with Crippen LogP contribution in [0.2, 0.25) is 0 Å². The highest BCUT2D eigenvalue weighted by atomic mass is 19.1. The summed E-state index contributed by atoms with van der Waals surface area (Å²) in [7, 11) is 0. The molecule has 0 atom stereocenters. The highest BCUT2D eigenvalue weighted by molar-refractivity contribution is 6.06. The van der Waals surface area contributed by atoms with Gasteiger partial charge in [-0.2, -0.15) is 5.26 Å². The molecule has 0 aromatic heterocycles. The number of amides is 1. The second-order valence-electron chi connectivity index (χ2n) is 5.26. The fraction of sp³-hybridized carbons (Fsp3) is 0.111. The van der Waals surface area contributed by atoms with Crippen LogP contribution in [0.15, 0.2) is 60.3 Å².